The van der Waals surface area contributed by atoms with E-state index in [0.29, 0.717) is 19.2 Å². The molecule has 6 nitrogen and oxygen atoms in total. The van der Waals surface area contributed by atoms with Crippen molar-refractivity contribution in [3.8, 4) is 12.0 Å². The van der Waals surface area contributed by atoms with E-state index in [1.54, 1.807) is 7.05 Å². The number of ether oxygens (including phenoxy) is 2. The predicted octanol–water partition coefficient (Wildman–Crippen LogP) is 3.04. The van der Waals surface area contributed by atoms with E-state index in [1.165, 1.54) is 0 Å². The third-order valence-electron chi connectivity index (χ3n) is 2.53. The Labute approximate surface area is 132 Å². The number of nitrogens with zero attached hydrogens (tertiary/aromatic N) is 3. The molecule has 0 unspecified atom stereocenters. The predicted molar refractivity (Wildman–Crippen MR) is 83.6 cm³/mol. The molecule has 1 heterocycles. The highest BCUT2D eigenvalue weighted by Gasteiger charge is 2.08. The lowest BCUT2D eigenvalue weighted by Gasteiger charge is -2.08. The van der Waals surface area contributed by atoms with Crippen LogP contribution in [0.25, 0.3) is 0 Å². The van der Waals surface area contributed by atoms with E-state index in [2.05, 4.69) is 36.2 Å². The zero-order valence-corrected chi connectivity index (χ0v) is 13.6. The molecular formula is C14H17BrN4O2. The molecule has 0 atom stereocenters. The molecular weight excluding hydrogens is 336 g/mol. The van der Waals surface area contributed by atoms with Crippen molar-refractivity contribution in [2.24, 2.45) is 0 Å². The molecule has 2 rings (SSSR count). The molecule has 1 N–H and O–H groups in total. The molecule has 0 amide bonds. The van der Waals surface area contributed by atoms with E-state index >= 15 is 0 Å². The minimum Gasteiger partial charge on any atom is -0.463 e. The Bertz CT molecular complexity index is 578. The van der Waals surface area contributed by atoms with Gasteiger partial charge >= 0.3 is 12.0 Å². The summed E-state index contributed by atoms with van der Waals surface area (Å²) in [5, 5.41) is 2.86. The van der Waals surface area contributed by atoms with Gasteiger partial charge in [0.2, 0.25) is 5.95 Å². The fraction of sp³-hybridized carbons (Fsp3) is 0.357. The smallest absolute Gasteiger partial charge is 0.324 e. The SMILES string of the molecule is CCCOc1nc(NC)nc(OCc2ccc(Br)cc2)n1. The van der Waals surface area contributed by atoms with Crippen molar-refractivity contribution in [3.63, 3.8) is 0 Å². The van der Waals surface area contributed by atoms with Crippen molar-refractivity contribution in [1.82, 2.24) is 15.0 Å². The summed E-state index contributed by atoms with van der Waals surface area (Å²) in [6, 6.07) is 8.37. The number of anilines is 1. The summed E-state index contributed by atoms with van der Waals surface area (Å²) in [6.07, 6.45) is 0.885. The first-order valence-electron chi connectivity index (χ1n) is 6.65. The van der Waals surface area contributed by atoms with Crippen LogP contribution in [0, 0.1) is 0 Å². The number of nitrogens with one attached hydrogen (secondary N) is 1. The lowest BCUT2D eigenvalue weighted by Crippen LogP contribution is -2.07. The Morgan fingerprint density at radius 1 is 1.05 bits per heavy atom. The largest absolute Gasteiger partial charge is 0.463 e. The number of aromatic nitrogens is 3. The number of benzene rings is 1. The highest BCUT2D eigenvalue weighted by molar-refractivity contribution is 9.10. The second kappa shape index (κ2) is 7.78. The van der Waals surface area contributed by atoms with Crippen LogP contribution in [0.15, 0.2) is 28.7 Å². The van der Waals surface area contributed by atoms with E-state index in [4.69, 9.17) is 9.47 Å². The molecule has 0 aliphatic rings. The summed E-state index contributed by atoms with van der Waals surface area (Å²) in [5.41, 5.74) is 1.03. The van der Waals surface area contributed by atoms with Crippen molar-refractivity contribution in [3.05, 3.63) is 34.3 Å². The fourth-order valence-corrected chi connectivity index (χ4v) is 1.77. The van der Waals surface area contributed by atoms with Crippen LogP contribution in [0.5, 0.6) is 12.0 Å². The van der Waals surface area contributed by atoms with Gasteiger partial charge in [-0.05, 0) is 24.1 Å². The zero-order valence-electron chi connectivity index (χ0n) is 12.0. The van der Waals surface area contributed by atoms with Crippen molar-refractivity contribution in [2.45, 2.75) is 20.0 Å². The number of hydrogen-bond donors (Lipinski definition) is 1. The molecule has 0 saturated carbocycles. The van der Waals surface area contributed by atoms with Crippen LogP contribution in [0.2, 0.25) is 0 Å². The standard InChI is InChI=1S/C14H17BrN4O2/c1-3-8-20-13-17-12(16-2)18-14(19-13)21-9-10-4-6-11(15)7-5-10/h4-7H,3,8-9H2,1-2H3,(H,16,17,18,19). The van der Waals surface area contributed by atoms with Crippen LogP contribution in [-0.4, -0.2) is 28.6 Å². The second-order valence-electron chi connectivity index (χ2n) is 4.24. The lowest BCUT2D eigenvalue weighted by molar-refractivity contribution is 0.256. The van der Waals surface area contributed by atoms with Gasteiger partial charge in [0.1, 0.15) is 6.61 Å². The summed E-state index contributed by atoms with van der Waals surface area (Å²) < 4.78 is 12.0. The van der Waals surface area contributed by atoms with Crippen LogP contribution in [0.3, 0.4) is 0 Å². The van der Waals surface area contributed by atoms with Gasteiger partial charge in [0.15, 0.2) is 0 Å². The molecule has 7 heteroatoms. The molecule has 1 aromatic heterocycles. The summed E-state index contributed by atoms with van der Waals surface area (Å²) in [5.74, 6) is 0.418. The van der Waals surface area contributed by atoms with E-state index in [0.717, 1.165) is 16.5 Å². The monoisotopic (exact) mass is 352 g/mol. The normalized spacial score (nSPS) is 10.2. The maximum atomic E-state index is 5.60. The molecule has 2 aromatic rings. The van der Waals surface area contributed by atoms with Crippen molar-refractivity contribution in [1.29, 1.82) is 0 Å². The highest BCUT2D eigenvalue weighted by Crippen LogP contribution is 2.15. The molecule has 0 aliphatic heterocycles. The minimum absolute atomic E-state index is 0.239. The van der Waals surface area contributed by atoms with E-state index in [-0.39, 0.29) is 12.0 Å². The third kappa shape index (κ3) is 4.86. The van der Waals surface area contributed by atoms with Gasteiger partial charge in [-0.2, -0.15) is 9.97 Å². The molecule has 1 aromatic carbocycles. The molecule has 0 spiro atoms. The number of hydrogen-bond acceptors (Lipinski definition) is 6. The topological polar surface area (TPSA) is 69.2 Å². The van der Waals surface area contributed by atoms with Crippen LogP contribution < -0.4 is 14.8 Å². The first-order chi connectivity index (χ1) is 10.2. The molecule has 0 radical (unpaired) electrons. The van der Waals surface area contributed by atoms with Gasteiger partial charge in [-0.1, -0.05) is 35.0 Å². The number of rotatable bonds is 7. The minimum atomic E-state index is 0.239. The Hall–Kier alpha value is -1.89. The van der Waals surface area contributed by atoms with Gasteiger partial charge in [-0.25, -0.2) is 0 Å². The van der Waals surface area contributed by atoms with Crippen LogP contribution in [0.4, 0.5) is 5.95 Å². The number of halogens is 1. The van der Waals surface area contributed by atoms with Gasteiger partial charge in [-0.3, -0.25) is 0 Å². The van der Waals surface area contributed by atoms with E-state index in [1.807, 2.05) is 31.2 Å². The van der Waals surface area contributed by atoms with Gasteiger partial charge in [0.25, 0.3) is 0 Å². The summed E-state index contributed by atoms with van der Waals surface area (Å²) in [4.78, 5) is 12.4. The highest BCUT2D eigenvalue weighted by atomic mass is 79.9. The Balaban J connectivity index is 2.05. The van der Waals surface area contributed by atoms with Gasteiger partial charge in [0.05, 0.1) is 6.61 Å². The molecule has 112 valence electrons. The summed E-state index contributed by atoms with van der Waals surface area (Å²) >= 11 is 3.40. The summed E-state index contributed by atoms with van der Waals surface area (Å²) in [7, 11) is 1.73. The second-order valence-corrected chi connectivity index (χ2v) is 5.15. The maximum absolute atomic E-state index is 5.60. The molecule has 0 saturated heterocycles. The fourth-order valence-electron chi connectivity index (χ4n) is 1.50. The Morgan fingerprint density at radius 2 is 1.71 bits per heavy atom. The third-order valence-corrected chi connectivity index (χ3v) is 3.06. The lowest BCUT2D eigenvalue weighted by atomic mass is 10.2. The Kier molecular flexibility index (Phi) is 5.74. The average Bonchev–Trinajstić information content (AvgIpc) is 2.52. The first kappa shape index (κ1) is 15.5. The van der Waals surface area contributed by atoms with E-state index < -0.39 is 0 Å². The molecule has 0 bridgehead atoms. The van der Waals surface area contributed by atoms with Crippen LogP contribution in [0.1, 0.15) is 18.9 Å². The van der Waals surface area contributed by atoms with Gasteiger partial charge in [0, 0.05) is 11.5 Å². The maximum Gasteiger partial charge on any atom is 0.324 e. The molecule has 0 fully saturated rings. The van der Waals surface area contributed by atoms with E-state index in [9.17, 15) is 0 Å². The zero-order chi connectivity index (χ0) is 15.1. The average molecular weight is 353 g/mol. The molecule has 0 aliphatic carbocycles. The van der Waals surface area contributed by atoms with Crippen molar-refractivity contribution < 1.29 is 9.47 Å². The van der Waals surface area contributed by atoms with Gasteiger partial charge < -0.3 is 14.8 Å². The first-order valence-corrected chi connectivity index (χ1v) is 7.44. The molecule has 21 heavy (non-hydrogen) atoms. The van der Waals surface area contributed by atoms with Crippen molar-refractivity contribution in [2.75, 3.05) is 19.0 Å². The van der Waals surface area contributed by atoms with Crippen LogP contribution >= 0.6 is 15.9 Å². The Morgan fingerprint density at radius 3 is 2.33 bits per heavy atom. The van der Waals surface area contributed by atoms with Crippen LogP contribution in [-0.2, 0) is 6.61 Å². The quantitative estimate of drug-likeness (QED) is 0.825. The summed E-state index contributed by atoms with van der Waals surface area (Å²) in [6.45, 7) is 2.96. The van der Waals surface area contributed by atoms with Gasteiger partial charge in [-0.15, -0.1) is 4.98 Å². The van der Waals surface area contributed by atoms with Crippen molar-refractivity contribution >= 4 is 21.9 Å².